The highest BCUT2D eigenvalue weighted by molar-refractivity contribution is 6.09. The molecule has 0 aliphatic carbocycles. The van der Waals surface area contributed by atoms with Crippen molar-refractivity contribution < 1.29 is 9.53 Å². The van der Waals surface area contributed by atoms with E-state index in [0.29, 0.717) is 17.0 Å². The second-order valence-electron chi connectivity index (χ2n) is 4.14. The molecule has 0 bridgehead atoms. The molecule has 0 atom stereocenters. The Hall–Kier alpha value is -2.17. The summed E-state index contributed by atoms with van der Waals surface area (Å²) < 4.78 is 5.33. The summed E-state index contributed by atoms with van der Waals surface area (Å²) in [6, 6.07) is 3.67. The molecule has 5 heteroatoms. The number of benzene rings is 1. The fourth-order valence-corrected chi connectivity index (χ4v) is 1.82. The third-order valence-electron chi connectivity index (χ3n) is 2.96. The molecule has 18 heavy (non-hydrogen) atoms. The van der Waals surface area contributed by atoms with Crippen molar-refractivity contribution in [3.8, 4) is 5.75 Å². The predicted molar refractivity (Wildman–Crippen MR) is 66.9 cm³/mol. The zero-order valence-corrected chi connectivity index (χ0v) is 10.9. The molecular formula is C13H15N3O2. The number of ether oxygens (including phenoxy) is 1. The average molecular weight is 245 g/mol. The highest BCUT2D eigenvalue weighted by Gasteiger charge is 2.19. The van der Waals surface area contributed by atoms with Crippen LogP contribution < -0.4 is 4.74 Å². The van der Waals surface area contributed by atoms with Gasteiger partial charge in [0.15, 0.2) is 5.69 Å². The topological polar surface area (TPSA) is 57.0 Å². The number of ketones is 1. The van der Waals surface area contributed by atoms with Crippen LogP contribution >= 0.6 is 0 Å². The van der Waals surface area contributed by atoms with Gasteiger partial charge >= 0.3 is 0 Å². The lowest BCUT2D eigenvalue weighted by Crippen LogP contribution is -2.07. The van der Waals surface area contributed by atoms with E-state index < -0.39 is 0 Å². The Morgan fingerprint density at radius 1 is 1.33 bits per heavy atom. The van der Waals surface area contributed by atoms with Gasteiger partial charge in [-0.25, -0.2) is 0 Å². The molecule has 0 saturated heterocycles. The summed E-state index contributed by atoms with van der Waals surface area (Å²) in [5.41, 5.74) is 2.88. The summed E-state index contributed by atoms with van der Waals surface area (Å²) in [6.45, 7) is 3.91. The first-order valence-corrected chi connectivity index (χ1v) is 5.59. The maximum Gasteiger partial charge on any atom is 0.218 e. The van der Waals surface area contributed by atoms with Crippen molar-refractivity contribution in [3.05, 3.63) is 40.7 Å². The molecule has 0 unspecified atom stereocenters. The van der Waals surface area contributed by atoms with Gasteiger partial charge in [-0.15, -0.1) is 0 Å². The third kappa shape index (κ3) is 1.99. The largest absolute Gasteiger partial charge is 0.496 e. The van der Waals surface area contributed by atoms with E-state index in [1.807, 2.05) is 19.9 Å². The first-order valence-electron chi connectivity index (χ1n) is 5.59. The van der Waals surface area contributed by atoms with E-state index in [9.17, 15) is 4.79 Å². The molecule has 0 fully saturated rings. The van der Waals surface area contributed by atoms with E-state index in [-0.39, 0.29) is 5.78 Å². The van der Waals surface area contributed by atoms with Crippen LogP contribution in [-0.2, 0) is 7.05 Å². The van der Waals surface area contributed by atoms with Gasteiger partial charge in [-0.05, 0) is 31.0 Å². The second kappa shape index (κ2) is 4.60. The van der Waals surface area contributed by atoms with Crippen LogP contribution in [-0.4, -0.2) is 27.9 Å². The number of hydrogen-bond acceptors (Lipinski definition) is 4. The standard InChI is InChI=1S/C13H15N3O2/c1-8-5-6-10(13(18-4)9(8)2)12(17)11-7-14-16(3)15-11/h5-7H,1-4H3. The molecule has 2 aromatic rings. The van der Waals surface area contributed by atoms with Crippen LogP contribution in [0, 0.1) is 13.8 Å². The van der Waals surface area contributed by atoms with Crippen LogP contribution in [0.4, 0.5) is 0 Å². The van der Waals surface area contributed by atoms with E-state index >= 15 is 0 Å². The molecule has 1 heterocycles. The number of aryl methyl sites for hydroxylation is 2. The summed E-state index contributed by atoms with van der Waals surface area (Å²) >= 11 is 0. The molecular weight excluding hydrogens is 230 g/mol. The molecule has 0 aliphatic rings. The number of methoxy groups -OCH3 is 1. The van der Waals surface area contributed by atoms with Gasteiger partial charge in [0.05, 0.1) is 18.9 Å². The SMILES string of the molecule is COc1c(C(=O)c2cnn(C)n2)ccc(C)c1C. The van der Waals surface area contributed by atoms with Gasteiger partial charge in [-0.1, -0.05) is 6.07 Å². The lowest BCUT2D eigenvalue weighted by molar-refractivity contribution is 0.103. The lowest BCUT2D eigenvalue weighted by Gasteiger charge is -2.11. The molecule has 94 valence electrons. The zero-order chi connectivity index (χ0) is 13.3. The Balaban J connectivity index is 2.51. The fourth-order valence-electron chi connectivity index (χ4n) is 1.82. The number of nitrogens with zero attached hydrogens (tertiary/aromatic N) is 3. The first kappa shape index (κ1) is 12.3. The van der Waals surface area contributed by atoms with E-state index in [4.69, 9.17) is 4.74 Å². The van der Waals surface area contributed by atoms with Crippen molar-refractivity contribution in [2.24, 2.45) is 7.05 Å². The number of rotatable bonds is 3. The van der Waals surface area contributed by atoms with Gasteiger partial charge in [0, 0.05) is 7.05 Å². The van der Waals surface area contributed by atoms with Crippen LogP contribution in [0.1, 0.15) is 27.2 Å². The van der Waals surface area contributed by atoms with Crippen LogP contribution in [0.15, 0.2) is 18.3 Å². The smallest absolute Gasteiger partial charge is 0.218 e. The van der Waals surface area contributed by atoms with E-state index in [0.717, 1.165) is 11.1 Å². The van der Waals surface area contributed by atoms with E-state index in [2.05, 4.69) is 10.2 Å². The van der Waals surface area contributed by atoms with E-state index in [1.54, 1.807) is 20.2 Å². The molecule has 0 spiro atoms. The minimum atomic E-state index is -0.178. The predicted octanol–water partition coefficient (Wildman–Crippen LogP) is 1.67. The highest BCUT2D eigenvalue weighted by atomic mass is 16.5. The van der Waals surface area contributed by atoms with Crippen molar-refractivity contribution in [2.45, 2.75) is 13.8 Å². The average Bonchev–Trinajstić information content (AvgIpc) is 2.78. The van der Waals surface area contributed by atoms with E-state index in [1.165, 1.54) is 11.0 Å². The quantitative estimate of drug-likeness (QED) is 0.772. The summed E-state index contributed by atoms with van der Waals surface area (Å²) in [5, 5.41) is 7.92. The molecule has 0 saturated carbocycles. The first-order chi connectivity index (χ1) is 8.54. The maximum atomic E-state index is 12.3. The van der Waals surface area contributed by atoms with Crippen LogP contribution in [0.5, 0.6) is 5.75 Å². The van der Waals surface area contributed by atoms with Crippen LogP contribution in [0.3, 0.4) is 0 Å². The van der Waals surface area contributed by atoms with Gasteiger partial charge in [0.1, 0.15) is 5.75 Å². The fraction of sp³-hybridized carbons (Fsp3) is 0.308. The normalized spacial score (nSPS) is 10.4. The van der Waals surface area contributed by atoms with Crippen LogP contribution in [0.25, 0.3) is 0 Å². The molecule has 0 amide bonds. The Kier molecular flexibility index (Phi) is 3.14. The Morgan fingerprint density at radius 2 is 2.06 bits per heavy atom. The minimum Gasteiger partial charge on any atom is -0.496 e. The molecule has 1 aromatic heterocycles. The summed E-state index contributed by atoms with van der Waals surface area (Å²) in [4.78, 5) is 13.7. The Bertz CT molecular complexity index is 602. The van der Waals surface area contributed by atoms with Gasteiger partial charge in [0.2, 0.25) is 5.78 Å². The van der Waals surface area contributed by atoms with Crippen molar-refractivity contribution in [2.75, 3.05) is 7.11 Å². The van der Waals surface area contributed by atoms with Gasteiger partial charge in [0.25, 0.3) is 0 Å². The third-order valence-corrected chi connectivity index (χ3v) is 2.96. The zero-order valence-electron chi connectivity index (χ0n) is 10.9. The number of carbonyl (C=O) groups excluding carboxylic acids is 1. The van der Waals surface area contributed by atoms with Crippen molar-refractivity contribution in [1.82, 2.24) is 15.0 Å². The molecule has 1 aromatic carbocycles. The summed E-state index contributed by atoms with van der Waals surface area (Å²) in [7, 11) is 3.24. The second-order valence-corrected chi connectivity index (χ2v) is 4.14. The van der Waals surface area contributed by atoms with Gasteiger partial charge in [-0.2, -0.15) is 15.0 Å². The number of aromatic nitrogens is 3. The maximum absolute atomic E-state index is 12.3. The van der Waals surface area contributed by atoms with Gasteiger partial charge in [-0.3, -0.25) is 4.79 Å². The molecule has 0 radical (unpaired) electrons. The van der Waals surface area contributed by atoms with Crippen molar-refractivity contribution in [3.63, 3.8) is 0 Å². The van der Waals surface area contributed by atoms with Crippen molar-refractivity contribution in [1.29, 1.82) is 0 Å². The molecule has 2 rings (SSSR count). The molecule has 0 N–H and O–H groups in total. The highest BCUT2D eigenvalue weighted by Crippen LogP contribution is 2.27. The van der Waals surface area contributed by atoms with Gasteiger partial charge < -0.3 is 4.74 Å². The Labute approximate surface area is 105 Å². The van der Waals surface area contributed by atoms with Crippen LogP contribution in [0.2, 0.25) is 0 Å². The number of hydrogen-bond donors (Lipinski definition) is 0. The lowest BCUT2D eigenvalue weighted by atomic mass is 10.0. The van der Waals surface area contributed by atoms with Crippen molar-refractivity contribution >= 4 is 5.78 Å². The minimum absolute atomic E-state index is 0.178. The monoisotopic (exact) mass is 245 g/mol. The summed E-state index contributed by atoms with van der Waals surface area (Å²) in [5.74, 6) is 0.425. The molecule has 0 aliphatic heterocycles. The Morgan fingerprint density at radius 3 is 2.61 bits per heavy atom. The molecule has 5 nitrogen and oxygen atoms in total. The summed E-state index contributed by atoms with van der Waals surface area (Å²) in [6.07, 6.45) is 1.46. The number of carbonyl (C=O) groups is 1.